The molecule has 0 spiro atoms. The quantitative estimate of drug-likeness (QED) is 0.828. The summed E-state index contributed by atoms with van der Waals surface area (Å²) in [5.41, 5.74) is 2.97. The molecule has 1 fully saturated rings. The highest BCUT2D eigenvalue weighted by molar-refractivity contribution is 5.62. The van der Waals surface area contributed by atoms with Gasteiger partial charge in [0.25, 0.3) is 0 Å². The Labute approximate surface area is 135 Å². The van der Waals surface area contributed by atoms with E-state index in [1.54, 1.807) is 18.2 Å². The Bertz CT molecular complexity index is 837. The van der Waals surface area contributed by atoms with Gasteiger partial charge in [0.2, 0.25) is 0 Å². The first-order chi connectivity index (χ1) is 11.0. The molecule has 1 saturated carbocycles. The summed E-state index contributed by atoms with van der Waals surface area (Å²) in [5, 5.41) is 18.1. The molecule has 116 valence electrons. The summed E-state index contributed by atoms with van der Waals surface area (Å²) in [6, 6.07) is 11.0. The lowest BCUT2D eigenvalue weighted by atomic mass is 9.67. The molecule has 4 rings (SSSR count). The molecule has 0 unspecified atom stereocenters. The number of benzene rings is 1. The maximum absolute atomic E-state index is 14.1. The number of hydrogen-bond acceptors (Lipinski definition) is 3. The predicted molar refractivity (Wildman–Crippen MR) is 85.1 cm³/mol. The Morgan fingerprint density at radius 1 is 1.30 bits per heavy atom. The van der Waals surface area contributed by atoms with Crippen molar-refractivity contribution in [2.24, 2.45) is 5.41 Å². The van der Waals surface area contributed by atoms with Crippen molar-refractivity contribution in [2.75, 3.05) is 0 Å². The molecule has 1 aromatic heterocycles. The molecule has 23 heavy (non-hydrogen) atoms. The van der Waals surface area contributed by atoms with E-state index in [1.807, 2.05) is 6.07 Å². The van der Waals surface area contributed by atoms with Crippen LogP contribution in [0.25, 0.3) is 11.3 Å². The minimum atomic E-state index is -0.282. The van der Waals surface area contributed by atoms with Gasteiger partial charge in [0.1, 0.15) is 5.82 Å². The zero-order valence-corrected chi connectivity index (χ0v) is 13.3. The molecule has 3 nitrogen and oxygen atoms in total. The lowest BCUT2D eigenvalue weighted by Gasteiger charge is -2.35. The third-order valence-corrected chi connectivity index (χ3v) is 6.15. The fraction of sp³-hybridized carbons (Fsp3) is 0.421. The van der Waals surface area contributed by atoms with Crippen LogP contribution in [0.5, 0.6) is 0 Å². The molecule has 2 aliphatic rings. The second-order valence-electron chi connectivity index (χ2n) is 7.24. The lowest BCUT2D eigenvalue weighted by molar-refractivity contribution is 0.209. The van der Waals surface area contributed by atoms with E-state index < -0.39 is 0 Å². The second-order valence-corrected chi connectivity index (χ2v) is 7.24. The first-order valence-electron chi connectivity index (χ1n) is 8.01. The van der Waals surface area contributed by atoms with Crippen molar-refractivity contribution in [3.05, 3.63) is 47.4 Å². The Hall–Kier alpha value is -2.28. The van der Waals surface area contributed by atoms with Crippen LogP contribution in [-0.4, -0.2) is 10.2 Å². The van der Waals surface area contributed by atoms with Gasteiger partial charge in [0, 0.05) is 17.4 Å². The van der Waals surface area contributed by atoms with E-state index in [1.165, 1.54) is 6.07 Å². The maximum atomic E-state index is 14.1. The summed E-state index contributed by atoms with van der Waals surface area (Å²) < 4.78 is 14.1. The predicted octanol–water partition coefficient (Wildman–Crippen LogP) is 4.35. The smallest absolute Gasteiger partial charge is 0.132 e. The van der Waals surface area contributed by atoms with E-state index in [9.17, 15) is 9.65 Å². The van der Waals surface area contributed by atoms with Gasteiger partial charge >= 0.3 is 0 Å². The Morgan fingerprint density at radius 2 is 2.09 bits per heavy atom. The van der Waals surface area contributed by atoms with Gasteiger partial charge in [-0.1, -0.05) is 26.0 Å². The number of rotatable bonds is 2. The van der Waals surface area contributed by atoms with Crippen molar-refractivity contribution in [1.29, 1.82) is 5.26 Å². The molecule has 0 saturated heterocycles. The molecule has 0 N–H and O–H groups in total. The first kappa shape index (κ1) is 14.3. The van der Waals surface area contributed by atoms with Crippen LogP contribution < -0.4 is 0 Å². The Balaban J connectivity index is 1.89. The number of nitriles is 1. The van der Waals surface area contributed by atoms with Gasteiger partial charge in [-0.05, 0) is 47.9 Å². The van der Waals surface area contributed by atoms with Gasteiger partial charge in [0.05, 0.1) is 17.5 Å². The highest BCUT2D eigenvalue weighted by Crippen LogP contribution is 2.68. The molecule has 0 aliphatic heterocycles. The molecule has 2 atom stereocenters. The van der Waals surface area contributed by atoms with Crippen molar-refractivity contribution < 1.29 is 4.39 Å². The molecule has 0 radical (unpaired) electrons. The summed E-state index contributed by atoms with van der Waals surface area (Å²) >= 11 is 0. The topological polar surface area (TPSA) is 49.6 Å². The molecule has 1 heterocycles. The minimum absolute atomic E-state index is 0.00635. The van der Waals surface area contributed by atoms with Crippen LogP contribution in [0.4, 0.5) is 4.39 Å². The van der Waals surface area contributed by atoms with Crippen molar-refractivity contribution in [3.8, 4) is 17.3 Å². The fourth-order valence-corrected chi connectivity index (χ4v) is 4.75. The normalized spacial score (nSPS) is 26.8. The largest absolute Gasteiger partial charge is 0.206 e. The molecule has 1 aromatic carbocycles. The Kier molecular flexibility index (Phi) is 2.87. The highest BCUT2D eigenvalue weighted by Gasteiger charge is 2.63. The van der Waals surface area contributed by atoms with Crippen LogP contribution in [-0.2, 0) is 5.41 Å². The van der Waals surface area contributed by atoms with Gasteiger partial charge in [-0.2, -0.15) is 15.5 Å². The monoisotopic (exact) mass is 307 g/mol. The number of hydrogen-bond donors (Lipinski definition) is 0. The van der Waals surface area contributed by atoms with Gasteiger partial charge in [0.15, 0.2) is 0 Å². The number of nitrogens with zero attached hydrogens (tertiary/aromatic N) is 3. The highest BCUT2D eigenvalue weighted by atomic mass is 19.1. The number of aromatic nitrogens is 2. The van der Waals surface area contributed by atoms with Crippen molar-refractivity contribution in [3.63, 3.8) is 0 Å². The van der Waals surface area contributed by atoms with Gasteiger partial charge in [-0.15, -0.1) is 0 Å². The third kappa shape index (κ3) is 1.68. The molecular formula is C19H18FN3. The van der Waals surface area contributed by atoms with Crippen LogP contribution in [0.1, 0.15) is 50.3 Å². The summed E-state index contributed by atoms with van der Waals surface area (Å²) in [6.45, 7) is 4.46. The van der Waals surface area contributed by atoms with Gasteiger partial charge in [-0.25, -0.2) is 4.39 Å². The maximum Gasteiger partial charge on any atom is 0.132 e. The van der Waals surface area contributed by atoms with E-state index in [0.717, 1.165) is 24.1 Å². The van der Waals surface area contributed by atoms with E-state index in [4.69, 9.17) is 0 Å². The number of fused-ring (bicyclic) bond motifs is 5. The van der Waals surface area contributed by atoms with Crippen LogP contribution >= 0.6 is 0 Å². The van der Waals surface area contributed by atoms with Crippen molar-refractivity contribution >= 4 is 0 Å². The fourth-order valence-electron chi connectivity index (χ4n) is 4.75. The molecule has 2 bridgehead atoms. The molecule has 2 aliphatic carbocycles. The standard InChI is InChI=1S/C19H18FN3/c1-18(2)14-7-8-19(18,9-10-21)17-13(14)11-16(22-23-17)12-5-3-4-6-15(12)20/h3-6,11,14H,7-9H2,1-2H3/t14-,19-/m1/s1. The summed E-state index contributed by atoms with van der Waals surface area (Å²) in [7, 11) is 0. The summed E-state index contributed by atoms with van der Waals surface area (Å²) in [5.74, 6) is 0.0859. The van der Waals surface area contributed by atoms with Crippen LogP contribution in [0, 0.1) is 22.6 Å². The van der Waals surface area contributed by atoms with Crippen LogP contribution in [0.3, 0.4) is 0 Å². The average molecular weight is 307 g/mol. The zero-order chi connectivity index (χ0) is 16.2. The van der Waals surface area contributed by atoms with E-state index in [2.05, 4.69) is 30.1 Å². The third-order valence-electron chi connectivity index (χ3n) is 6.15. The first-order valence-corrected chi connectivity index (χ1v) is 8.01. The van der Waals surface area contributed by atoms with Crippen LogP contribution in [0.2, 0.25) is 0 Å². The van der Waals surface area contributed by atoms with E-state index in [0.29, 0.717) is 23.6 Å². The Morgan fingerprint density at radius 3 is 2.83 bits per heavy atom. The zero-order valence-electron chi connectivity index (χ0n) is 13.3. The SMILES string of the molecule is CC1(C)[C@@H]2CC[C@@]1(CC#N)c1nnc(-c3ccccc3F)cc12. The van der Waals surface area contributed by atoms with Crippen molar-refractivity contribution in [1.82, 2.24) is 10.2 Å². The summed E-state index contributed by atoms with van der Waals surface area (Å²) in [4.78, 5) is 0. The van der Waals surface area contributed by atoms with Crippen molar-refractivity contribution in [2.45, 2.75) is 44.4 Å². The summed E-state index contributed by atoms with van der Waals surface area (Å²) in [6.07, 6.45) is 2.51. The molecule has 2 aromatic rings. The number of halogens is 1. The average Bonchev–Trinajstić information content (AvgIpc) is 2.89. The lowest BCUT2D eigenvalue weighted by Crippen LogP contribution is -2.35. The molecular weight excluding hydrogens is 289 g/mol. The van der Waals surface area contributed by atoms with E-state index >= 15 is 0 Å². The van der Waals surface area contributed by atoms with Crippen LogP contribution in [0.15, 0.2) is 30.3 Å². The van der Waals surface area contributed by atoms with Gasteiger partial charge < -0.3 is 0 Å². The van der Waals surface area contributed by atoms with Gasteiger partial charge in [-0.3, -0.25) is 0 Å². The minimum Gasteiger partial charge on any atom is -0.206 e. The molecule has 0 amide bonds. The van der Waals surface area contributed by atoms with E-state index in [-0.39, 0.29) is 16.6 Å². The second kappa shape index (κ2) is 4.61. The molecule has 4 heteroatoms.